The second-order valence-electron chi connectivity index (χ2n) is 8.47. The van der Waals surface area contributed by atoms with E-state index in [4.69, 9.17) is 4.98 Å². The van der Waals surface area contributed by atoms with E-state index in [1.54, 1.807) is 22.0 Å². The number of carbonyl (C=O) groups excluding carboxylic acids is 1. The molecule has 1 aliphatic carbocycles. The molecule has 3 aromatic rings. The number of nitrogens with zero attached hydrogens (tertiary/aromatic N) is 3. The van der Waals surface area contributed by atoms with Crippen molar-refractivity contribution in [2.75, 3.05) is 11.4 Å². The van der Waals surface area contributed by atoms with Crippen LogP contribution in [0.4, 0.5) is 5.69 Å². The molecule has 0 bridgehead atoms. The zero-order chi connectivity index (χ0) is 22.2. The highest BCUT2D eigenvalue weighted by molar-refractivity contribution is 8.00. The van der Waals surface area contributed by atoms with Gasteiger partial charge in [0.1, 0.15) is 4.83 Å². The molecule has 0 saturated heterocycles. The average Bonchev–Trinajstić information content (AvgIpc) is 3.29. The van der Waals surface area contributed by atoms with Crippen molar-refractivity contribution in [2.24, 2.45) is 0 Å². The number of aryl methyl sites for hydroxylation is 2. The standard InChI is InChI=1S/C25H27N3O2S2/c1-3-14-28-24(30)21-18-10-5-4-6-12-20(18)32-22(21)26-25(28)31-16(2)23(29)27-15-13-17-9-7-8-11-19(17)27/h3,7-9,11,16H,1,4-6,10,12-15H2,2H3/t16-/m0/s1. The van der Waals surface area contributed by atoms with Crippen molar-refractivity contribution in [3.8, 4) is 0 Å². The summed E-state index contributed by atoms with van der Waals surface area (Å²) in [6.45, 7) is 6.84. The van der Waals surface area contributed by atoms with E-state index in [0.717, 1.165) is 41.6 Å². The van der Waals surface area contributed by atoms with Gasteiger partial charge >= 0.3 is 0 Å². The number of amides is 1. The lowest BCUT2D eigenvalue weighted by Gasteiger charge is -2.22. The van der Waals surface area contributed by atoms with Crippen LogP contribution in [0.1, 0.15) is 42.2 Å². The van der Waals surface area contributed by atoms with E-state index >= 15 is 0 Å². The van der Waals surface area contributed by atoms with Crippen molar-refractivity contribution < 1.29 is 4.79 Å². The van der Waals surface area contributed by atoms with Crippen LogP contribution < -0.4 is 10.5 Å². The van der Waals surface area contributed by atoms with E-state index in [2.05, 4.69) is 12.6 Å². The Morgan fingerprint density at radius 1 is 1.25 bits per heavy atom. The molecule has 166 valence electrons. The molecule has 0 saturated carbocycles. The summed E-state index contributed by atoms with van der Waals surface area (Å²) >= 11 is 3.04. The van der Waals surface area contributed by atoms with Crippen LogP contribution in [-0.2, 0) is 30.6 Å². The van der Waals surface area contributed by atoms with Gasteiger partial charge in [0, 0.05) is 23.7 Å². The maximum atomic E-state index is 13.5. The molecule has 0 N–H and O–H groups in total. The zero-order valence-corrected chi connectivity index (χ0v) is 19.9. The molecule has 0 spiro atoms. The molecule has 7 heteroatoms. The van der Waals surface area contributed by atoms with Gasteiger partial charge in [-0.15, -0.1) is 17.9 Å². The lowest BCUT2D eigenvalue weighted by atomic mass is 10.1. The summed E-state index contributed by atoms with van der Waals surface area (Å²) in [6.07, 6.45) is 8.10. The summed E-state index contributed by atoms with van der Waals surface area (Å²) in [7, 11) is 0. The minimum absolute atomic E-state index is 0.00275. The van der Waals surface area contributed by atoms with Crippen LogP contribution in [0.25, 0.3) is 10.2 Å². The van der Waals surface area contributed by atoms with E-state index in [1.807, 2.05) is 30.0 Å². The van der Waals surface area contributed by atoms with Gasteiger partial charge in [-0.1, -0.05) is 42.5 Å². The van der Waals surface area contributed by atoms with E-state index in [9.17, 15) is 9.59 Å². The Balaban J connectivity index is 1.49. The minimum atomic E-state index is -0.348. The Labute approximate surface area is 196 Å². The molecule has 1 aliphatic heterocycles. The number of hydrogen-bond donors (Lipinski definition) is 0. The first-order valence-electron chi connectivity index (χ1n) is 11.3. The zero-order valence-electron chi connectivity index (χ0n) is 18.3. The number of carbonyl (C=O) groups is 1. The summed E-state index contributed by atoms with van der Waals surface area (Å²) in [6, 6.07) is 8.08. The number of thioether (sulfide) groups is 1. The highest BCUT2D eigenvalue weighted by Crippen LogP contribution is 2.35. The molecule has 2 aromatic heterocycles. The van der Waals surface area contributed by atoms with Gasteiger partial charge in [0.05, 0.1) is 10.6 Å². The first-order chi connectivity index (χ1) is 15.6. The van der Waals surface area contributed by atoms with Gasteiger partial charge in [-0.3, -0.25) is 14.2 Å². The van der Waals surface area contributed by atoms with Crippen molar-refractivity contribution in [3.05, 3.63) is 63.3 Å². The van der Waals surface area contributed by atoms with Gasteiger partial charge in [0.15, 0.2) is 5.16 Å². The predicted molar refractivity (Wildman–Crippen MR) is 133 cm³/mol. The molecule has 5 nitrogen and oxygen atoms in total. The summed E-state index contributed by atoms with van der Waals surface area (Å²) in [5.41, 5.74) is 3.41. The van der Waals surface area contributed by atoms with Gasteiger partial charge in [-0.05, 0) is 56.2 Å². The van der Waals surface area contributed by atoms with Gasteiger partial charge < -0.3 is 4.90 Å². The van der Waals surface area contributed by atoms with E-state index in [0.29, 0.717) is 18.2 Å². The molecular weight excluding hydrogens is 438 g/mol. The number of benzene rings is 1. The highest BCUT2D eigenvalue weighted by Gasteiger charge is 2.30. The van der Waals surface area contributed by atoms with Crippen LogP contribution >= 0.6 is 23.1 Å². The Bertz CT molecular complexity index is 1260. The highest BCUT2D eigenvalue weighted by atomic mass is 32.2. The molecular formula is C25H27N3O2S2. The quantitative estimate of drug-likeness (QED) is 0.231. The number of aromatic nitrogens is 2. The van der Waals surface area contributed by atoms with Crippen molar-refractivity contribution in [2.45, 2.75) is 62.4 Å². The van der Waals surface area contributed by atoms with Crippen LogP contribution in [0.5, 0.6) is 0 Å². The molecule has 5 rings (SSSR count). The van der Waals surface area contributed by atoms with E-state index < -0.39 is 0 Å². The lowest BCUT2D eigenvalue weighted by Crippen LogP contribution is -2.35. The number of hydrogen-bond acceptors (Lipinski definition) is 5. The van der Waals surface area contributed by atoms with Crippen LogP contribution in [0.3, 0.4) is 0 Å². The fourth-order valence-corrected chi connectivity index (χ4v) is 7.05. The largest absolute Gasteiger partial charge is 0.311 e. The summed E-state index contributed by atoms with van der Waals surface area (Å²) in [5, 5.41) is 1.04. The average molecular weight is 466 g/mol. The molecule has 0 radical (unpaired) electrons. The molecule has 1 amide bonds. The number of allylic oxidation sites excluding steroid dienone is 1. The lowest BCUT2D eigenvalue weighted by molar-refractivity contribution is -0.117. The van der Waals surface area contributed by atoms with E-state index in [1.165, 1.54) is 40.6 Å². The molecule has 0 fully saturated rings. The Morgan fingerprint density at radius 3 is 2.91 bits per heavy atom. The normalized spacial score (nSPS) is 16.5. The monoisotopic (exact) mass is 465 g/mol. The topological polar surface area (TPSA) is 55.2 Å². The van der Waals surface area contributed by atoms with Crippen molar-refractivity contribution in [1.82, 2.24) is 9.55 Å². The number of rotatable bonds is 5. The van der Waals surface area contributed by atoms with Crippen molar-refractivity contribution >= 4 is 44.9 Å². The SMILES string of the molecule is C=CCn1c(S[C@@H](C)C(=O)N2CCc3ccccc32)nc2sc3c(c2c1=O)CCCCC3. The third-order valence-corrected chi connectivity index (χ3v) is 8.65. The molecule has 3 heterocycles. The second-order valence-corrected chi connectivity index (χ2v) is 10.9. The molecule has 2 aliphatic rings. The van der Waals surface area contributed by atoms with E-state index in [-0.39, 0.29) is 16.7 Å². The maximum Gasteiger partial charge on any atom is 0.263 e. The Morgan fingerprint density at radius 2 is 2.06 bits per heavy atom. The Hall–Kier alpha value is -2.38. The molecule has 32 heavy (non-hydrogen) atoms. The smallest absolute Gasteiger partial charge is 0.263 e. The van der Waals surface area contributed by atoms with Gasteiger partial charge in [0.25, 0.3) is 5.56 Å². The third-order valence-electron chi connectivity index (χ3n) is 6.38. The number of para-hydroxylation sites is 1. The number of anilines is 1. The van der Waals surface area contributed by atoms with Crippen LogP contribution in [0.15, 0.2) is 46.9 Å². The summed E-state index contributed by atoms with van der Waals surface area (Å²) in [4.78, 5) is 35.7. The van der Waals surface area contributed by atoms with Gasteiger partial charge in [-0.25, -0.2) is 4.98 Å². The predicted octanol–water partition coefficient (Wildman–Crippen LogP) is 4.98. The van der Waals surface area contributed by atoms with Crippen LogP contribution in [0.2, 0.25) is 0 Å². The summed E-state index contributed by atoms with van der Waals surface area (Å²) < 4.78 is 1.69. The van der Waals surface area contributed by atoms with Crippen LogP contribution in [0, 0.1) is 0 Å². The van der Waals surface area contributed by atoms with Crippen molar-refractivity contribution in [1.29, 1.82) is 0 Å². The Kier molecular flexibility index (Phi) is 5.95. The van der Waals surface area contributed by atoms with Crippen LogP contribution in [-0.4, -0.2) is 27.3 Å². The first kappa shape index (κ1) is 21.5. The third kappa shape index (κ3) is 3.71. The molecule has 1 atom stereocenters. The fourth-order valence-electron chi connectivity index (χ4n) is 4.77. The second kappa shape index (κ2) is 8.87. The van der Waals surface area contributed by atoms with Gasteiger partial charge in [-0.2, -0.15) is 0 Å². The summed E-state index contributed by atoms with van der Waals surface area (Å²) in [5.74, 6) is 0.0569. The minimum Gasteiger partial charge on any atom is -0.311 e. The number of fused-ring (bicyclic) bond motifs is 4. The fraction of sp³-hybridized carbons (Fsp3) is 0.400. The van der Waals surface area contributed by atoms with Crippen molar-refractivity contribution in [3.63, 3.8) is 0 Å². The van der Waals surface area contributed by atoms with Gasteiger partial charge in [0.2, 0.25) is 5.91 Å². The number of thiophene rings is 1. The molecule has 0 unspecified atom stereocenters. The molecule has 1 aromatic carbocycles. The first-order valence-corrected chi connectivity index (χ1v) is 13.0. The maximum absolute atomic E-state index is 13.5.